The van der Waals surface area contributed by atoms with E-state index in [4.69, 9.17) is 5.73 Å². The molecule has 94 valence electrons. The van der Waals surface area contributed by atoms with Crippen LogP contribution in [0.5, 0.6) is 0 Å². The van der Waals surface area contributed by atoms with Gasteiger partial charge in [-0.25, -0.2) is 12.7 Å². The molecule has 0 unspecified atom stereocenters. The fourth-order valence-electron chi connectivity index (χ4n) is 1.41. The van der Waals surface area contributed by atoms with Crippen LogP contribution in [-0.4, -0.2) is 63.1 Å². The standard InChI is InChI=1S/C9H20N4O2S/c1-4-16(14,15)13-6-8(7-13)5-11-9(10)12(2)3/h8H,4-7H2,1-3H3,(H2,10,11). The van der Waals surface area contributed by atoms with Crippen LogP contribution in [0.2, 0.25) is 0 Å². The van der Waals surface area contributed by atoms with Crippen molar-refractivity contribution in [2.24, 2.45) is 16.6 Å². The number of sulfonamides is 1. The van der Waals surface area contributed by atoms with E-state index in [1.54, 1.807) is 11.8 Å². The van der Waals surface area contributed by atoms with E-state index >= 15 is 0 Å². The molecule has 0 saturated carbocycles. The molecule has 1 fully saturated rings. The minimum Gasteiger partial charge on any atom is -0.370 e. The van der Waals surface area contributed by atoms with Crippen molar-refractivity contribution in [3.63, 3.8) is 0 Å². The highest BCUT2D eigenvalue weighted by molar-refractivity contribution is 7.89. The molecule has 0 bridgehead atoms. The Kier molecular flexibility index (Phi) is 4.15. The topological polar surface area (TPSA) is 79.0 Å². The first-order chi connectivity index (χ1) is 7.36. The van der Waals surface area contributed by atoms with E-state index in [1.807, 2.05) is 14.1 Å². The van der Waals surface area contributed by atoms with Crippen molar-refractivity contribution in [1.29, 1.82) is 0 Å². The van der Waals surface area contributed by atoms with Crippen molar-refractivity contribution in [1.82, 2.24) is 9.21 Å². The Balaban J connectivity index is 2.36. The number of nitrogens with two attached hydrogens (primary N) is 1. The third-order valence-corrected chi connectivity index (χ3v) is 4.47. The molecule has 0 aromatic carbocycles. The highest BCUT2D eigenvalue weighted by Gasteiger charge is 2.34. The van der Waals surface area contributed by atoms with Gasteiger partial charge in [0.25, 0.3) is 0 Å². The minimum atomic E-state index is -3.01. The molecule has 0 aliphatic carbocycles. The lowest BCUT2D eigenvalue weighted by Crippen LogP contribution is -2.51. The summed E-state index contributed by atoms with van der Waals surface area (Å²) in [6, 6.07) is 0. The van der Waals surface area contributed by atoms with Gasteiger partial charge in [-0.15, -0.1) is 0 Å². The number of rotatable bonds is 4. The van der Waals surface area contributed by atoms with Crippen molar-refractivity contribution in [3.05, 3.63) is 0 Å². The molecule has 16 heavy (non-hydrogen) atoms. The number of hydrogen-bond donors (Lipinski definition) is 1. The summed E-state index contributed by atoms with van der Waals surface area (Å²) in [5.41, 5.74) is 5.63. The third kappa shape index (κ3) is 3.08. The summed E-state index contributed by atoms with van der Waals surface area (Å²) >= 11 is 0. The quantitative estimate of drug-likeness (QED) is 0.519. The predicted octanol–water partition coefficient (Wildman–Crippen LogP) is -0.856. The normalized spacial score (nSPS) is 19.6. The van der Waals surface area contributed by atoms with Crippen LogP contribution < -0.4 is 5.73 Å². The fourth-order valence-corrected chi connectivity index (χ4v) is 2.65. The van der Waals surface area contributed by atoms with Crippen LogP contribution in [0.4, 0.5) is 0 Å². The molecular weight excluding hydrogens is 228 g/mol. The summed E-state index contributed by atoms with van der Waals surface area (Å²) in [4.78, 5) is 5.92. The summed E-state index contributed by atoms with van der Waals surface area (Å²) in [7, 11) is 0.648. The Morgan fingerprint density at radius 3 is 2.50 bits per heavy atom. The van der Waals surface area contributed by atoms with Crippen molar-refractivity contribution >= 4 is 16.0 Å². The number of hydrogen-bond acceptors (Lipinski definition) is 3. The molecule has 1 heterocycles. The van der Waals surface area contributed by atoms with E-state index in [1.165, 1.54) is 4.31 Å². The van der Waals surface area contributed by atoms with E-state index in [-0.39, 0.29) is 5.75 Å². The zero-order valence-corrected chi connectivity index (χ0v) is 10.9. The molecular formula is C9H20N4O2S. The highest BCUT2D eigenvalue weighted by Crippen LogP contribution is 2.19. The van der Waals surface area contributed by atoms with Gasteiger partial charge in [0.15, 0.2) is 5.96 Å². The first kappa shape index (κ1) is 13.2. The molecule has 1 aliphatic rings. The maximum absolute atomic E-state index is 11.4. The second-order valence-electron chi connectivity index (χ2n) is 4.18. The van der Waals surface area contributed by atoms with Crippen molar-refractivity contribution < 1.29 is 8.42 Å². The number of aliphatic imine (C=N–C) groups is 1. The SMILES string of the molecule is CCS(=O)(=O)N1CC(CN=C(N)N(C)C)C1. The predicted molar refractivity (Wildman–Crippen MR) is 64.7 cm³/mol. The Hall–Kier alpha value is -0.820. The summed E-state index contributed by atoms with van der Waals surface area (Å²) in [5, 5.41) is 0. The van der Waals surface area contributed by atoms with Gasteiger partial charge in [0.1, 0.15) is 0 Å². The average molecular weight is 248 g/mol. The molecule has 0 amide bonds. The minimum absolute atomic E-state index is 0.169. The molecule has 0 atom stereocenters. The van der Waals surface area contributed by atoms with Crippen LogP contribution in [-0.2, 0) is 10.0 Å². The lowest BCUT2D eigenvalue weighted by atomic mass is 10.0. The molecule has 6 nitrogen and oxygen atoms in total. The van der Waals surface area contributed by atoms with Gasteiger partial charge in [-0.2, -0.15) is 0 Å². The van der Waals surface area contributed by atoms with Crippen molar-refractivity contribution in [2.45, 2.75) is 6.92 Å². The zero-order chi connectivity index (χ0) is 12.3. The monoisotopic (exact) mass is 248 g/mol. The van der Waals surface area contributed by atoms with Gasteiger partial charge in [0.05, 0.1) is 5.75 Å². The summed E-state index contributed by atoms with van der Waals surface area (Å²) < 4.78 is 24.4. The second-order valence-corrected chi connectivity index (χ2v) is 6.43. The number of guanidine groups is 1. The zero-order valence-electron chi connectivity index (χ0n) is 10.0. The van der Waals surface area contributed by atoms with Crippen molar-refractivity contribution in [3.8, 4) is 0 Å². The summed E-state index contributed by atoms with van der Waals surface area (Å²) in [5.74, 6) is 0.958. The van der Waals surface area contributed by atoms with Gasteiger partial charge in [-0.1, -0.05) is 0 Å². The van der Waals surface area contributed by atoms with Crippen LogP contribution in [0.3, 0.4) is 0 Å². The summed E-state index contributed by atoms with van der Waals surface area (Å²) in [6.45, 7) is 3.39. The Morgan fingerprint density at radius 2 is 2.06 bits per heavy atom. The third-order valence-electron chi connectivity index (χ3n) is 2.65. The van der Waals surface area contributed by atoms with Crippen molar-refractivity contribution in [2.75, 3.05) is 39.5 Å². The maximum atomic E-state index is 11.4. The molecule has 0 aromatic rings. The van der Waals surface area contributed by atoms with E-state index in [9.17, 15) is 8.42 Å². The van der Waals surface area contributed by atoms with Crippen LogP contribution in [0, 0.1) is 5.92 Å². The van der Waals surface area contributed by atoms with Gasteiger partial charge in [0, 0.05) is 39.6 Å². The first-order valence-electron chi connectivity index (χ1n) is 5.32. The van der Waals surface area contributed by atoms with Gasteiger partial charge in [-0.05, 0) is 6.92 Å². The maximum Gasteiger partial charge on any atom is 0.213 e. The van der Waals surface area contributed by atoms with E-state index in [0.29, 0.717) is 31.5 Å². The molecule has 1 aliphatic heterocycles. The largest absolute Gasteiger partial charge is 0.370 e. The van der Waals surface area contributed by atoms with Crippen LogP contribution in [0.1, 0.15) is 6.92 Å². The Morgan fingerprint density at radius 1 is 1.50 bits per heavy atom. The van der Waals surface area contributed by atoms with Gasteiger partial charge in [0.2, 0.25) is 10.0 Å². The lowest BCUT2D eigenvalue weighted by Gasteiger charge is -2.37. The fraction of sp³-hybridized carbons (Fsp3) is 0.889. The van der Waals surface area contributed by atoms with E-state index < -0.39 is 10.0 Å². The molecule has 0 radical (unpaired) electrons. The average Bonchev–Trinajstić information content (AvgIpc) is 2.14. The molecule has 1 rings (SSSR count). The lowest BCUT2D eigenvalue weighted by molar-refractivity contribution is 0.208. The van der Waals surface area contributed by atoms with E-state index in [0.717, 1.165) is 0 Å². The van der Waals surface area contributed by atoms with E-state index in [2.05, 4.69) is 4.99 Å². The Labute approximate surface area is 97.2 Å². The van der Waals surface area contributed by atoms with Crippen LogP contribution in [0.25, 0.3) is 0 Å². The van der Waals surface area contributed by atoms with Gasteiger partial charge >= 0.3 is 0 Å². The first-order valence-corrected chi connectivity index (χ1v) is 6.92. The summed E-state index contributed by atoms with van der Waals surface area (Å²) in [6.07, 6.45) is 0. The smallest absolute Gasteiger partial charge is 0.213 e. The number of nitrogens with zero attached hydrogens (tertiary/aromatic N) is 3. The van der Waals surface area contributed by atoms with Crippen LogP contribution >= 0.6 is 0 Å². The van der Waals surface area contributed by atoms with Gasteiger partial charge in [-0.3, -0.25) is 4.99 Å². The molecule has 0 aromatic heterocycles. The molecule has 1 saturated heterocycles. The second kappa shape index (κ2) is 5.01. The molecule has 7 heteroatoms. The van der Waals surface area contributed by atoms with Crippen LogP contribution in [0.15, 0.2) is 4.99 Å². The highest BCUT2D eigenvalue weighted by atomic mass is 32.2. The molecule has 0 spiro atoms. The Bertz CT molecular complexity index is 358. The molecule has 2 N–H and O–H groups in total. The van der Waals surface area contributed by atoms with Gasteiger partial charge < -0.3 is 10.6 Å².